The average molecular weight is 433 g/mol. The monoisotopic (exact) mass is 431 g/mol. The fraction of sp³-hybridized carbons (Fsp3) is 0.188. The van der Waals surface area contributed by atoms with Gasteiger partial charge in [-0.1, -0.05) is 27.5 Å². The number of aryl methyl sites for hydroxylation is 1. The van der Waals surface area contributed by atoms with E-state index in [0.717, 1.165) is 8.78 Å². The molecule has 0 spiro atoms. The lowest BCUT2D eigenvalue weighted by Crippen LogP contribution is -2.43. The number of carboxylic acids is 1. The number of hydrogen-bond donors (Lipinski definition) is 1. The van der Waals surface area contributed by atoms with E-state index in [1.165, 1.54) is 25.1 Å². The lowest BCUT2D eigenvalue weighted by Gasteiger charge is -2.28. The molecule has 0 radical (unpaired) electrons. The summed E-state index contributed by atoms with van der Waals surface area (Å²) in [6, 6.07) is 9.33. The standard InChI is InChI=1S/C16H15BrClNO4S/c1-10-9-13(5-8-15(10)18)19(11(2)16(20)21)24(22,23)14-6-3-12(17)4-7-14/h3-9,11H,1-2H3,(H,20,21). The Morgan fingerprint density at radius 2 is 1.79 bits per heavy atom. The number of benzene rings is 2. The molecule has 0 heterocycles. The first-order valence-corrected chi connectivity index (χ1v) is 9.54. The smallest absolute Gasteiger partial charge is 0.327 e. The van der Waals surface area contributed by atoms with Gasteiger partial charge in [0.1, 0.15) is 6.04 Å². The van der Waals surface area contributed by atoms with Crippen molar-refractivity contribution in [2.75, 3.05) is 4.31 Å². The molecular weight excluding hydrogens is 418 g/mol. The van der Waals surface area contributed by atoms with Crippen LogP contribution in [0, 0.1) is 6.92 Å². The molecular formula is C16H15BrClNO4S. The Morgan fingerprint density at radius 1 is 1.21 bits per heavy atom. The Hall–Kier alpha value is -1.57. The zero-order valence-corrected chi connectivity index (χ0v) is 16.1. The summed E-state index contributed by atoms with van der Waals surface area (Å²) in [5.41, 5.74) is 0.900. The summed E-state index contributed by atoms with van der Waals surface area (Å²) in [5, 5.41) is 9.83. The lowest BCUT2D eigenvalue weighted by atomic mass is 10.2. The average Bonchev–Trinajstić information content (AvgIpc) is 2.51. The normalized spacial score (nSPS) is 12.7. The number of carboxylic acid groups (broad SMARTS) is 1. The van der Waals surface area contributed by atoms with Crippen molar-refractivity contribution in [3.8, 4) is 0 Å². The van der Waals surface area contributed by atoms with Gasteiger partial charge in [-0.15, -0.1) is 0 Å². The Labute approximate surface area is 154 Å². The van der Waals surface area contributed by atoms with E-state index in [0.29, 0.717) is 10.6 Å². The fourth-order valence-corrected chi connectivity index (χ4v) is 4.14. The number of anilines is 1. The second kappa shape index (κ2) is 7.13. The van der Waals surface area contributed by atoms with Gasteiger partial charge in [-0.3, -0.25) is 4.31 Å². The van der Waals surface area contributed by atoms with E-state index in [1.54, 1.807) is 31.2 Å². The van der Waals surface area contributed by atoms with Gasteiger partial charge in [0.15, 0.2) is 0 Å². The molecule has 24 heavy (non-hydrogen) atoms. The van der Waals surface area contributed by atoms with Crippen LogP contribution in [0.2, 0.25) is 5.02 Å². The molecule has 2 aromatic carbocycles. The van der Waals surface area contributed by atoms with Crippen LogP contribution in [0.5, 0.6) is 0 Å². The van der Waals surface area contributed by atoms with Crippen LogP contribution in [-0.4, -0.2) is 25.5 Å². The number of nitrogens with zero attached hydrogens (tertiary/aromatic N) is 1. The maximum Gasteiger partial charge on any atom is 0.327 e. The minimum atomic E-state index is -4.06. The van der Waals surface area contributed by atoms with Gasteiger partial charge >= 0.3 is 5.97 Å². The molecule has 8 heteroatoms. The van der Waals surface area contributed by atoms with Crippen molar-refractivity contribution in [3.63, 3.8) is 0 Å². The predicted octanol–water partition coefficient (Wildman–Crippen LogP) is 4.08. The van der Waals surface area contributed by atoms with Crippen LogP contribution in [0.1, 0.15) is 12.5 Å². The van der Waals surface area contributed by atoms with Crippen LogP contribution in [0.3, 0.4) is 0 Å². The van der Waals surface area contributed by atoms with Crippen LogP contribution >= 0.6 is 27.5 Å². The number of rotatable bonds is 5. The number of hydrogen-bond acceptors (Lipinski definition) is 3. The van der Waals surface area contributed by atoms with E-state index in [4.69, 9.17) is 11.6 Å². The van der Waals surface area contributed by atoms with Crippen LogP contribution in [0.25, 0.3) is 0 Å². The first-order chi connectivity index (χ1) is 11.1. The third-order valence-corrected chi connectivity index (χ3v) is 6.34. The van der Waals surface area contributed by atoms with E-state index in [1.807, 2.05) is 0 Å². The van der Waals surface area contributed by atoms with Gasteiger partial charge in [-0.25, -0.2) is 13.2 Å². The Balaban J connectivity index is 2.63. The highest BCUT2D eigenvalue weighted by molar-refractivity contribution is 9.10. The van der Waals surface area contributed by atoms with Crippen molar-refractivity contribution in [1.29, 1.82) is 0 Å². The van der Waals surface area contributed by atoms with E-state index < -0.39 is 22.0 Å². The Kier molecular flexibility index (Phi) is 5.57. The Bertz CT molecular complexity index is 868. The molecule has 0 saturated carbocycles. The van der Waals surface area contributed by atoms with Crippen molar-refractivity contribution in [2.45, 2.75) is 24.8 Å². The highest BCUT2D eigenvalue weighted by atomic mass is 79.9. The van der Waals surface area contributed by atoms with Crippen molar-refractivity contribution >= 4 is 49.2 Å². The summed E-state index contributed by atoms with van der Waals surface area (Å²) >= 11 is 9.23. The van der Waals surface area contributed by atoms with Crippen LogP contribution in [0.15, 0.2) is 51.8 Å². The van der Waals surface area contributed by atoms with Gasteiger partial charge in [-0.05, 0) is 61.9 Å². The summed E-state index contributed by atoms with van der Waals surface area (Å²) in [6.07, 6.45) is 0. The molecule has 1 atom stereocenters. The third kappa shape index (κ3) is 3.74. The van der Waals surface area contributed by atoms with E-state index in [2.05, 4.69) is 15.9 Å². The first-order valence-electron chi connectivity index (χ1n) is 6.93. The Morgan fingerprint density at radius 3 is 2.29 bits per heavy atom. The van der Waals surface area contributed by atoms with Crippen LogP contribution in [0.4, 0.5) is 5.69 Å². The van der Waals surface area contributed by atoms with Crippen molar-refractivity contribution < 1.29 is 18.3 Å². The molecule has 0 aromatic heterocycles. The number of halogens is 2. The van der Waals surface area contributed by atoms with Gasteiger partial charge in [0.25, 0.3) is 10.0 Å². The summed E-state index contributed by atoms with van der Waals surface area (Å²) in [4.78, 5) is 11.5. The summed E-state index contributed by atoms with van der Waals surface area (Å²) < 4.78 is 27.6. The van der Waals surface area contributed by atoms with E-state index in [9.17, 15) is 18.3 Å². The molecule has 5 nitrogen and oxygen atoms in total. The minimum absolute atomic E-state index is 0.00593. The maximum atomic E-state index is 13.0. The van der Waals surface area contributed by atoms with Crippen LogP contribution in [-0.2, 0) is 14.8 Å². The molecule has 0 bridgehead atoms. The maximum absolute atomic E-state index is 13.0. The predicted molar refractivity (Wildman–Crippen MR) is 97.1 cm³/mol. The summed E-state index contributed by atoms with van der Waals surface area (Å²) in [7, 11) is -4.06. The zero-order chi connectivity index (χ0) is 18.1. The number of sulfonamides is 1. The van der Waals surface area contributed by atoms with Gasteiger partial charge in [-0.2, -0.15) is 0 Å². The SMILES string of the molecule is Cc1cc(N(C(C)C(=O)O)S(=O)(=O)c2ccc(Br)cc2)ccc1Cl. The molecule has 2 aromatic rings. The molecule has 0 aliphatic heterocycles. The molecule has 0 fully saturated rings. The molecule has 1 N–H and O–H groups in total. The first kappa shape index (κ1) is 18.8. The molecule has 0 aliphatic carbocycles. The van der Waals surface area contributed by atoms with Gasteiger partial charge in [0, 0.05) is 9.50 Å². The molecule has 0 aliphatic rings. The topological polar surface area (TPSA) is 74.7 Å². The zero-order valence-electron chi connectivity index (χ0n) is 12.9. The quantitative estimate of drug-likeness (QED) is 0.772. The largest absolute Gasteiger partial charge is 0.480 e. The highest BCUT2D eigenvalue weighted by Gasteiger charge is 2.33. The second-order valence-electron chi connectivity index (χ2n) is 5.20. The molecule has 1 unspecified atom stereocenters. The second-order valence-corrected chi connectivity index (χ2v) is 8.34. The van der Waals surface area contributed by atoms with E-state index >= 15 is 0 Å². The molecule has 0 amide bonds. The minimum Gasteiger partial charge on any atom is -0.480 e. The third-order valence-electron chi connectivity index (χ3n) is 3.48. The van der Waals surface area contributed by atoms with Gasteiger partial charge < -0.3 is 5.11 Å². The lowest BCUT2D eigenvalue weighted by molar-refractivity contribution is -0.137. The van der Waals surface area contributed by atoms with Gasteiger partial charge in [0.2, 0.25) is 0 Å². The highest BCUT2D eigenvalue weighted by Crippen LogP contribution is 2.30. The van der Waals surface area contributed by atoms with Gasteiger partial charge in [0.05, 0.1) is 10.6 Å². The molecule has 128 valence electrons. The van der Waals surface area contributed by atoms with Crippen molar-refractivity contribution in [2.24, 2.45) is 0 Å². The molecule has 0 saturated heterocycles. The van der Waals surface area contributed by atoms with Crippen LogP contribution < -0.4 is 4.31 Å². The van der Waals surface area contributed by atoms with Crippen molar-refractivity contribution in [3.05, 3.63) is 57.5 Å². The number of aliphatic carboxylic acids is 1. The summed E-state index contributed by atoms with van der Waals surface area (Å²) in [6.45, 7) is 3.05. The fourth-order valence-electron chi connectivity index (χ4n) is 2.16. The van der Waals surface area contributed by atoms with E-state index in [-0.39, 0.29) is 10.6 Å². The molecule has 2 rings (SSSR count). The number of carbonyl (C=O) groups is 1. The van der Waals surface area contributed by atoms with Crippen molar-refractivity contribution in [1.82, 2.24) is 0 Å². The summed E-state index contributed by atoms with van der Waals surface area (Å²) in [5.74, 6) is -1.25.